The molecule has 1 amide bonds. The molecule has 0 radical (unpaired) electrons. The normalized spacial score (nSPS) is 21.8. The van der Waals surface area contributed by atoms with E-state index >= 15 is 0 Å². The highest BCUT2D eigenvalue weighted by atomic mass is 19.1. The Bertz CT molecular complexity index is 502. The number of likely N-dealkylation sites (tertiary alicyclic amines) is 1. The van der Waals surface area contributed by atoms with Crippen LogP contribution >= 0.6 is 0 Å². The van der Waals surface area contributed by atoms with Gasteiger partial charge in [0.1, 0.15) is 11.6 Å². The zero-order chi connectivity index (χ0) is 14.7. The van der Waals surface area contributed by atoms with Gasteiger partial charge in [-0.1, -0.05) is 6.92 Å². The van der Waals surface area contributed by atoms with E-state index in [2.05, 4.69) is 0 Å². The second-order valence-electron chi connectivity index (χ2n) is 4.96. The minimum absolute atomic E-state index is 0.0673. The number of carbonyl (C=O) groups excluding carboxylic acids is 1. The molecule has 1 fully saturated rings. The first-order chi connectivity index (χ1) is 9.47. The van der Waals surface area contributed by atoms with Crippen molar-refractivity contribution in [1.29, 1.82) is 0 Å². The number of carboxylic acid groups (broad SMARTS) is 1. The number of nitrogens with zero attached hydrogens (tertiary/aromatic N) is 1. The molecule has 0 bridgehead atoms. The number of aliphatic carboxylic acids is 1. The Balaban J connectivity index is 1.87. The van der Waals surface area contributed by atoms with E-state index in [-0.39, 0.29) is 30.8 Å². The van der Waals surface area contributed by atoms with Crippen LogP contribution in [0.3, 0.4) is 0 Å². The highest BCUT2D eigenvalue weighted by Crippen LogP contribution is 2.23. The van der Waals surface area contributed by atoms with Gasteiger partial charge in [-0.3, -0.25) is 9.59 Å². The number of hydrogen-bond acceptors (Lipinski definition) is 3. The Hall–Kier alpha value is -2.11. The minimum Gasteiger partial charge on any atom is -0.484 e. The quantitative estimate of drug-likeness (QED) is 0.905. The molecule has 0 unspecified atom stereocenters. The molecule has 1 aliphatic heterocycles. The number of benzene rings is 1. The van der Waals surface area contributed by atoms with Gasteiger partial charge < -0.3 is 14.7 Å². The van der Waals surface area contributed by atoms with Crippen LogP contribution < -0.4 is 4.74 Å². The fourth-order valence-corrected chi connectivity index (χ4v) is 2.26. The number of carbonyl (C=O) groups is 2. The molecule has 0 spiro atoms. The summed E-state index contributed by atoms with van der Waals surface area (Å²) in [6.07, 6.45) is 0. The van der Waals surface area contributed by atoms with Crippen LogP contribution in [0.15, 0.2) is 24.3 Å². The Morgan fingerprint density at radius 1 is 1.35 bits per heavy atom. The standard InChI is InChI=1S/C14H16FNO4/c1-9-6-16(7-12(9)14(18)19)13(17)8-20-11-4-2-10(15)3-5-11/h2-5,9,12H,6-8H2,1H3,(H,18,19)/t9-,12-/m1/s1. The van der Waals surface area contributed by atoms with E-state index in [9.17, 15) is 14.0 Å². The summed E-state index contributed by atoms with van der Waals surface area (Å²) < 4.78 is 18.0. The van der Waals surface area contributed by atoms with E-state index in [0.29, 0.717) is 12.3 Å². The first kappa shape index (κ1) is 14.3. The SMILES string of the molecule is C[C@@H]1CN(C(=O)COc2ccc(F)cc2)C[C@H]1C(=O)O. The highest BCUT2D eigenvalue weighted by molar-refractivity contribution is 5.80. The summed E-state index contributed by atoms with van der Waals surface area (Å²) in [5, 5.41) is 9.01. The van der Waals surface area contributed by atoms with Gasteiger partial charge in [0.25, 0.3) is 5.91 Å². The molecule has 0 aromatic heterocycles. The van der Waals surface area contributed by atoms with E-state index in [1.54, 1.807) is 0 Å². The van der Waals surface area contributed by atoms with Gasteiger partial charge in [-0.2, -0.15) is 0 Å². The molecule has 2 rings (SSSR count). The van der Waals surface area contributed by atoms with E-state index in [4.69, 9.17) is 9.84 Å². The van der Waals surface area contributed by atoms with E-state index in [0.717, 1.165) is 0 Å². The third-order valence-corrected chi connectivity index (χ3v) is 3.46. The molecule has 20 heavy (non-hydrogen) atoms. The van der Waals surface area contributed by atoms with Gasteiger partial charge in [0.2, 0.25) is 0 Å². The van der Waals surface area contributed by atoms with E-state index in [1.165, 1.54) is 29.2 Å². The van der Waals surface area contributed by atoms with Crippen molar-refractivity contribution in [2.24, 2.45) is 11.8 Å². The summed E-state index contributed by atoms with van der Waals surface area (Å²) in [4.78, 5) is 24.4. The van der Waals surface area contributed by atoms with Gasteiger partial charge in [0.15, 0.2) is 6.61 Å². The van der Waals surface area contributed by atoms with Crippen molar-refractivity contribution in [2.75, 3.05) is 19.7 Å². The number of rotatable bonds is 4. The van der Waals surface area contributed by atoms with Gasteiger partial charge in [-0.15, -0.1) is 0 Å². The highest BCUT2D eigenvalue weighted by Gasteiger charge is 2.36. The Morgan fingerprint density at radius 2 is 2.00 bits per heavy atom. The summed E-state index contributed by atoms with van der Waals surface area (Å²) in [7, 11) is 0. The zero-order valence-corrected chi connectivity index (χ0v) is 11.1. The van der Waals surface area contributed by atoms with Gasteiger partial charge >= 0.3 is 5.97 Å². The topological polar surface area (TPSA) is 66.8 Å². The lowest BCUT2D eigenvalue weighted by atomic mass is 9.99. The van der Waals surface area contributed by atoms with Crippen LogP contribution in [0.25, 0.3) is 0 Å². The summed E-state index contributed by atoms with van der Waals surface area (Å²) in [6, 6.07) is 5.38. The van der Waals surface area contributed by atoms with Crippen molar-refractivity contribution < 1.29 is 23.8 Å². The molecule has 108 valence electrons. The number of halogens is 1. The molecule has 2 atom stereocenters. The molecule has 1 aromatic carbocycles. The largest absolute Gasteiger partial charge is 0.484 e. The molecule has 0 aliphatic carbocycles. The lowest BCUT2D eigenvalue weighted by molar-refractivity contribution is -0.142. The average molecular weight is 281 g/mol. The van der Waals surface area contributed by atoms with Crippen LogP contribution in [0.5, 0.6) is 5.75 Å². The van der Waals surface area contributed by atoms with Crippen molar-refractivity contribution in [3.8, 4) is 5.75 Å². The molecule has 1 N–H and O–H groups in total. The smallest absolute Gasteiger partial charge is 0.308 e. The van der Waals surface area contributed by atoms with Crippen LogP contribution in [0.4, 0.5) is 4.39 Å². The van der Waals surface area contributed by atoms with Gasteiger partial charge in [0.05, 0.1) is 5.92 Å². The number of hydrogen-bond donors (Lipinski definition) is 1. The summed E-state index contributed by atoms with van der Waals surface area (Å²) in [5.41, 5.74) is 0. The monoisotopic (exact) mass is 281 g/mol. The molecule has 6 heteroatoms. The Labute approximate surface area is 116 Å². The number of amides is 1. The van der Waals surface area contributed by atoms with Gasteiger partial charge in [-0.05, 0) is 30.2 Å². The van der Waals surface area contributed by atoms with Crippen molar-refractivity contribution >= 4 is 11.9 Å². The fraction of sp³-hybridized carbons (Fsp3) is 0.429. The van der Waals surface area contributed by atoms with Crippen molar-refractivity contribution in [3.63, 3.8) is 0 Å². The molecule has 0 saturated carbocycles. The van der Waals surface area contributed by atoms with Crippen LogP contribution in [0.2, 0.25) is 0 Å². The van der Waals surface area contributed by atoms with Gasteiger partial charge in [0, 0.05) is 13.1 Å². The molecule has 1 aromatic rings. The maximum Gasteiger partial charge on any atom is 0.308 e. The van der Waals surface area contributed by atoms with E-state index in [1.807, 2.05) is 6.92 Å². The van der Waals surface area contributed by atoms with Crippen LogP contribution in [-0.4, -0.2) is 41.6 Å². The van der Waals surface area contributed by atoms with E-state index < -0.39 is 11.9 Å². The second kappa shape index (κ2) is 5.90. The zero-order valence-electron chi connectivity index (χ0n) is 11.1. The number of ether oxygens (including phenoxy) is 1. The summed E-state index contributed by atoms with van der Waals surface area (Å²) >= 11 is 0. The predicted molar refractivity (Wildman–Crippen MR) is 68.8 cm³/mol. The summed E-state index contributed by atoms with van der Waals surface area (Å²) in [5.74, 6) is -1.70. The van der Waals surface area contributed by atoms with Crippen LogP contribution in [-0.2, 0) is 9.59 Å². The maximum absolute atomic E-state index is 12.7. The average Bonchev–Trinajstić information content (AvgIpc) is 2.80. The molecule has 1 heterocycles. The Morgan fingerprint density at radius 3 is 2.55 bits per heavy atom. The van der Waals surface area contributed by atoms with Crippen LogP contribution in [0, 0.1) is 17.7 Å². The number of carboxylic acids is 1. The first-order valence-electron chi connectivity index (χ1n) is 6.36. The lowest BCUT2D eigenvalue weighted by Crippen LogP contribution is -2.33. The van der Waals surface area contributed by atoms with Crippen LogP contribution in [0.1, 0.15) is 6.92 Å². The third-order valence-electron chi connectivity index (χ3n) is 3.46. The maximum atomic E-state index is 12.7. The predicted octanol–water partition coefficient (Wildman–Crippen LogP) is 1.38. The fourth-order valence-electron chi connectivity index (χ4n) is 2.26. The van der Waals surface area contributed by atoms with Crippen molar-refractivity contribution in [1.82, 2.24) is 4.90 Å². The molecule has 1 saturated heterocycles. The molecular formula is C14H16FNO4. The first-order valence-corrected chi connectivity index (χ1v) is 6.36. The summed E-state index contributed by atoms with van der Waals surface area (Å²) in [6.45, 7) is 2.27. The minimum atomic E-state index is -0.882. The lowest BCUT2D eigenvalue weighted by Gasteiger charge is -2.16. The van der Waals surface area contributed by atoms with Gasteiger partial charge in [-0.25, -0.2) is 4.39 Å². The molecule has 1 aliphatic rings. The third kappa shape index (κ3) is 3.26. The van der Waals surface area contributed by atoms with Crippen molar-refractivity contribution in [3.05, 3.63) is 30.1 Å². The second-order valence-corrected chi connectivity index (χ2v) is 4.96. The molecule has 5 nitrogen and oxygen atoms in total. The Kier molecular flexibility index (Phi) is 4.22. The van der Waals surface area contributed by atoms with Crippen molar-refractivity contribution in [2.45, 2.75) is 6.92 Å². The molecular weight excluding hydrogens is 265 g/mol.